The number of aliphatic hydroxyl groups excluding tert-OH is 1. The van der Waals surface area contributed by atoms with Gasteiger partial charge in [0, 0.05) is 30.8 Å². The molecule has 1 amide bonds. The molecule has 36 heavy (non-hydrogen) atoms. The van der Waals surface area contributed by atoms with Gasteiger partial charge in [0.2, 0.25) is 0 Å². The molecular weight excluding hydrogens is 478 g/mol. The molecule has 1 N–H and O–H groups in total. The molecular formula is C29H28ClNO5. The van der Waals surface area contributed by atoms with E-state index in [-0.39, 0.29) is 11.3 Å². The van der Waals surface area contributed by atoms with Crippen LogP contribution in [-0.4, -0.2) is 42.0 Å². The number of methoxy groups -OCH3 is 1. The molecule has 1 unspecified atom stereocenters. The highest BCUT2D eigenvalue weighted by atomic mass is 35.5. The Balaban J connectivity index is 1.62. The normalized spacial score (nSPS) is 17.0. The van der Waals surface area contributed by atoms with Crippen molar-refractivity contribution in [3.05, 3.63) is 106 Å². The molecule has 0 spiro atoms. The smallest absolute Gasteiger partial charge is 0.295 e. The van der Waals surface area contributed by atoms with Gasteiger partial charge in [0.1, 0.15) is 18.1 Å². The monoisotopic (exact) mass is 505 g/mol. The Morgan fingerprint density at radius 3 is 2.42 bits per heavy atom. The molecule has 1 aliphatic heterocycles. The van der Waals surface area contributed by atoms with Gasteiger partial charge in [0.05, 0.1) is 11.6 Å². The zero-order valence-electron chi connectivity index (χ0n) is 20.2. The van der Waals surface area contributed by atoms with Crippen LogP contribution in [0.1, 0.15) is 34.7 Å². The summed E-state index contributed by atoms with van der Waals surface area (Å²) >= 11 is 6.06. The van der Waals surface area contributed by atoms with E-state index in [2.05, 4.69) is 6.07 Å². The summed E-state index contributed by atoms with van der Waals surface area (Å²) in [6.07, 6.45) is 0.556. The molecule has 1 fully saturated rings. The summed E-state index contributed by atoms with van der Waals surface area (Å²) in [5.74, 6) is -0.967. The molecule has 0 bridgehead atoms. The van der Waals surface area contributed by atoms with Gasteiger partial charge in [-0.1, -0.05) is 53.6 Å². The fourth-order valence-electron chi connectivity index (χ4n) is 4.31. The molecule has 4 rings (SSSR count). The first-order valence-electron chi connectivity index (χ1n) is 11.7. The summed E-state index contributed by atoms with van der Waals surface area (Å²) in [6.45, 7) is 3.20. The number of nitrogens with zero attached hydrogens (tertiary/aromatic N) is 1. The predicted octanol–water partition coefficient (Wildman–Crippen LogP) is 5.69. The molecule has 6 nitrogen and oxygen atoms in total. The van der Waals surface area contributed by atoms with Crippen LogP contribution in [0.3, 0.4) is 0 Å². The summed E-state index contributed by atoms with van der Waals surface area (Å²) < 4.78 is 11.0. The van der Waals surface area contributed by atoms with Gasteiger partial charge in [-0.15, -0.1) is 0 Å². The minimum absolute atomic E-state index is 0.0492. The van der Waals surface area contributed by atoms with Crippen molar-refractivity contribution in [2.45, 2.75) is 26.0 Å². The van der Waals surface area contributed by atoms with Gasteiger partial charge in [-0.05, 0) is 60.9 Å². The van der Waals surface area contributed by atoms with E-state index in [1.54, 1.807) is 55.6 Å². The van der Waals surface area contributed by atoms with Crippen molar-refractivity contribution < 1.29 is 24.2 Å². The lowest BCUT2D eigenvalue weighted by Gasteiger charge is -2.25. The average molecular weight is 506 g/mol. The molecule has 1 aliphatic rings. The maximum atomic E-state index is 13.1. The third kappa shape index (κ3) is 5.61. The second-order valence-corrected chi connectivity index (χ2v) is 9.13. The van der Waals surface area contributed by atoms with Crippen LogP contribution in [0.4, 0.5) is 0 Å². The molecule has 186 valence electrons. The molecule has 0 aromatic heterocycles. The van der Waals surface area contributed by atoms with E-state index in [1.165, 1.54) is 4.90 Å². The van der Waals surface area contributed by atoms with Gasteiger partial charge in [0.25, 0.3) is 11.7 Å². The fourth-order valence-corrected chi connectivity index (χ4v) is 4.44. The van der Waals surface area contributed by atoms with E-state index in [0.29, 0.717) is 48.1 Å². The molecule has 1 saturated heterocycles. The highest BCUT2D eigenvalue weighted by Gasteiger charge is 2.45. The van der Waals surface area contributed by atoms with Crippen molar-refractivity contribution in [3.63, 3.8) is 0 Å². The van der Waals surface area contributed by atoms with Gasteiger partial charge in [-0.3, -0.25) is 9.59 Å². The summed E-state index contributed by atoms with van der Waals surface area (Å²) in [4.78, 5) is 27.5. The highest BCUT2D eigenvalue weighted by molar-refractivity contribution is 6.46. The van der Waals surface area contributed by atoms with Crippen LogP contribution in [0.25, 0.3) is 5.76 Å². The third-order valence-corrected chi connectivity index (χ3v) is 6.34. The van der Waals surface area contributed by atoms with E-state index in [0.717, 1.165) is 11.1 Å². The van der Waals surface area contributed by atoms with Crippen molar-refractivity contribution in [1.82, 2.24) is 4.90 Å². The summed E-state index contributed by atoms with van der Waals surface area (Å²) in [6, 6.07) is 21.1. The Labute approximate surface area is 215 Å². The number of halogens is 1. The molecule has 3 aromatic rings. The van der Waals surface area contributed by atoms with Crippen molar-refractivity contribution in [1.29, 1.82) is 0 Å². The van der Waals surface area contributed by atoms with Crippen molar-refractivity contribution >= 4 is 29.1 Å². The first-order valence-corrected chi connectivity index (χ1v) is 12.1. The Kier molecular flexibility index (Phi) is 8.08. The third-order valence-electron chi connectivity index (χ3n) is 6.09. The predicted molar refractivity (Wildman–Crippen MR) is 139 cm³/mol. The zero-order valence-corrected chi connectivity index (χ0v) is 21.0. The number of aryl methyl sites for hydroxylation is 1. The van der Waals surface area contributed by atoms with Gasteiger partial charge in [-0.2, -0.15) is 0 Å². The van der Waals surface area contributed by atoms with Crippen LogP contribution < -0.4 is 4.74 Å². The van der Waals surface area contributed by atoms with Crippen LogP contribution in [0.2, 0.25) is 5.02 Å². The number of hydrogen-bond acceptors (Lipinski definition) is 5. The van der Waals surface area contributed by atoms with Gasteiger partial charge < -0.3 is 19.5 Å². The first-order chi connectivity index (χ1) is 17.4. The molecule has 3 aromatic carbocycles. The van der Waals surface area contributed by atoms with Crippen LogP contribution in [0.5, 0.6) is 5.75 Å². The number of aliphatic hydroxyl groups is 1. The second-order valence-electron chi connectivity index (χ2n) is 8.69. The molecule has 0 radical (unpaired) electrons. The lowest BCUT2D eigenvalue weighted by molar-refractivity contribution is -0.140. The molecule has 1 heterocycles. The number of carbonyl (C=O) groups excluding carboxylic acids is 2. The largest absolute Gasteiger partial charge is 0.507 e. The number of likely N-dealkylation sites (tertiary alicyclic amines) is 1. The summed E-state index contributed by atoms with van der Waals surface area (Å²) in [5.41, 5.74) is 3.37. The topological polar surface area (TPSA) is 76.1 Å². The van der Waals surface area contributed by atoms with Crippen LogP contribution in [0.15, 0.2) is 78.4 Å². The second kappa shape index (κ2) is 11.4. The molecule has 1 atom stereocenters. The van der Waals surface area contributed by atoms with Gasteiger partial charge in [-0.25, -0.2) is 0 Å². The Hall–Kier alpha value is -3.61. The minimum Gasteiger partial charge on any atom is -0.507 e. The Bertz CT molecular complexity index is 1270. The number of Topliss-reactive ketones (excluding diaryl/α,β-unsaturated/α-hetero) is 1. The Morgan fingerprint density at radius 1 is 1.03 bits per heavy atom. The number of ether oxygens (including phenoxy) is 2. The number of hydrogen-bond donors (Lipinski definition) is 1. The molecule has 0 aliphatic carbocycles. The SMILES string of the molecule is COCCCN1C(=O)C(=O)/C(=C(/O)c2ccc(OCc3cccc(C)c3)cc2)C1c1ccc(Cl)cc1. The van der Waals surface area contributed by atoms with Crippen LogP contribution in [0, 0.1) is 6.92 Å². The van der Waals surface area contributed by atoms with Crippen LogP contribution >= 0.6 is 11.6 Å². The van der Waals surface area contributed by atoms with Gasteiger partial charge >= 0.3 is 0 Å². The first kappa shape index (κ1) is 25.5. The fraction of sp³-hybridized carbons (Fsp3) is 0.241. The van der Waals surface area contributed by atoms with Crippen LogP contribution in [-0.2, 0) is 20.9 Å². The van der Waals surface area contributed by atoms with Crippen molar-refractivity contribution in [2.75, 3.05) is 20.3 Å². The number of ketones is 1. The minimum atomic E-state index is -0.726. The molecule has 0 saturated carbocycles. The number of amides is 1. The maximum absolute atomic E-state index is 13.1. The number of carbonyl (C=O) groups is 2. The summed E-state index contributed by atoms with van der Waals surface area (Å²) in [5, 5.41) is 11.7. The van der Waals surface area contributed by atoms with E-state index in [1.807, 2.05) is 25.1 Å². The quantitative estimate of drug-likeness (QED) is 0.175. The van der Waals surface area contributed by atoms with E-state index in [9.17, 15) is 14.7 Å². The maximum Gasteiger partial charge on any atom is 0.295 e. The number of benzene rings is 3. The average Bonchev–Trinajstić information content (AvgIpc) is 3.13. The van der Waals surface area contributed by atoms with E-state index >= 15 is 0 Å². The van der Waals surface area contributed by atoms with E-state index < -0.39 is 17.7 Å². The lowest BCUT2D eigenvalue weighted by Crippen LogP contribution is -2.31. The molecule has 7 heteroatoms. The van der Waals surface area contributed by atoms with Gasteiger partial charge in [0.15, 0.2) is 0 Å². The number of rotatable bonds is 9. The lowest BCUT2D eigenvalue weighted by atomic mass is 9.95. The summed E-state index contributed by atoms with van der Waals surface area (Å²) in [7, 11) is 1.58. The zero-order chi connectivity index (χ0) is 25.7. The van der Waals surface area contributed by atoms with E-state index in [4.69, 9.17) is 21.1 Å². The highest BCUT2D eigenvalue weighted by Crippen LogP contribution is 2.40. The standard InChI is InChI=1S/C29H28ClNO5/c1-19-5-3-6-20(17-19)18-36-24-13-9-22(10-14-24)27(32)25-26(21-7-11-23(30)12-8-21)31(15-4-16-35-2)29(34)28(25)33/h3,5-14,17,26,32H,4,15-16,18H2,1-2H3/b27-25+. The van der Waals surface area contributed by atoms with Crippen molar-refractivity contribution in [2.24, 2.45) is 0 Å². The Morgan fingerprint density at radius 2 is 1.75 bits per heavy atom. The van der Waals surface area contributed by atoms with Crippen molar-refractivity contribution in [3.8, 4) is 5.75 Å².